The molecule has 4 heteroatoms. The van der Waals surface area contributed by atoms with E-state index in [2.05, 4.69) is 6.58 Å². The molecule has 0 bridgehead atoms. The zero-order valence-corrected chi connectivity index (χ0v) is 10.5. The van der Waals surface area contributed by atoms with Gasteiger partial charge in [0.25, 0.3) is 0 Å². The summed E-state index contributed by atoms with van der Waals surface area (Å²) in [5.74, 6) is -0.214. The number of carboxylic acid groups (broad SMARTS) is 1. The van der Waals surface area contributed by atoms with Gasteiger partial charge >= 0.3 is 5.97 Å². The quantitative estimate of drug-likeness (QED) is 0.770. The summed E-state index contributed by atoms with van der Waals surface area (Å²) in [7, 11) is 1.75. The maximum atomic E-state index is 10.7. The Balaban J connectivity index is 0. The average molecular weight is 219 g/mol. The van der Waals surface area contributed by atoms with Crippen LogP contribution >= 0.6 is 11.8 Å². The lowest BCUT2D eigenvalue weighted by molar-refractivity contribution is -0.141. The monoisotopic (exact) mass is 219 g/mol. The van der Waals surface area contributed by atoms with E-state index in [0.29, 0.717) is 5.75 Å². The number of thioether (sulfide) groups is 1. The fourth-order valence-electron chi connectivity index (χ4n) is 0.773. The van der Waals surface area contributed by atoms with Crippen molar-refractivity contribution in [1.29, 1.82) is 0 Å². The van der Waals surface area contributed by atoms with E-state index in [4.69, 9.17) is 5.11 Å². The van der Waals surface area contributed by atoms with Gasteiger partial charge in [0.2, 0.25) is 0 Å². The maximum absolute atomic E-state index is 10.7. The van der Waals surface area contributed by atoms with Gasteiger partial charge in [-0.05, 0) is 13.2 Å². The van der Waals surface area contributed by atoms with Crippen LogP contribution in [0.3, 0.4) is 0 Å². The molecule has 0 saturated heterocycles. The molecule has 0 aromatic rings. The zero-order chi connectivity index (χ0) is 11.7. The Labute approximate surface area is 91.2 Å². The van der Waals surface area contributed by atoms with E-state index >= 15 is 0 Å². The van der Waals surface area contributed by atoms with Crippen LogP contribution < -0.4 is 0 Å². The highest BCUT2D eigenvalue weighted by Crippen LogP contribution is 2.09. The highest BCUT2D eigenvalue weighted by Gasteiger charge is 2.21. The van der Waals surface area contributed by atoms with Gasteiger partial charge in [-0.3, -0.25) is 0 Å². The highest BCUT2D eigenvalue weighted by atomic mass is 32.2. The number of aliphatic carboxylic acids is 1. The Kier molecular flexibility index (Phi) is 10.1. The third-order valence-electron chi connectivity index (χ3n) is 1.68. The number of nitrogens with zero attached hydrogens (tertiary/aromatic N) is 1. The van der Waals surface area contributed by atoms with E-state index in [1.54, 1.807) is 18.9 Å². The van der Waals surface area contributed by atoms with Crippen molar-refractivity contribution in [2.24, 2.45) is 0 Å². The second-order valence-electron chi connectivity index (χ2n) is 2.66. The molecule has 14 heavy (non-hydrogen) atoms. The van der Waals surface area contributed by atoms with E-state index in [1.165, 1.54) is 11.8 Å². The van der Waals surface area contributed by atoms with Gasteiger partial charge < -0.3 is 10.0 Å². The minimum atomic E-state index is -0.796. The molecular weight excluding hydrogens is 198 g/mol. The van der Waals surface area contributed by atoms with Crippen molar-refractivity contribution in [3.8, 4) is 0 Å². The normalized spacial score (nSPS) is 10.9. The first-order chi connectivity index (χ1) is 6.50. The molecule has 0 rings (SSSR count). The van der Waals surface area contributed by atoms with Gasteiger partial charge in [0.1, 0.15) is 6.04 Å². The van der Waals surface area contributed by atoms with Crippen molar-refractivity contribution in [3.63, 3.8) is 0 Å². The Bertz CT molecular complexity index is 183. The molecule has 0 fully saturated rings. The fraction of sp³-hybridized carbons (Fsp3) is 0.700. The predicted molar refractivity (Wildman–Crippen MR) is 63.7 cm³/mol. The molecule has 0 aromatic heterocycles. The molecular formula is C10H21NO2S. The maximum Gasteiger partial charge on any atom is 0.327 e. The molecule has 0 aromatic carbocycles. The SMILES string of the molecule is C=C(C)N(C)C(CSC)C(=O)O.CC. The number of carbonyl (C=O) groups is 1. The minimum Gasteiger partial charge on any atom is -0.480 e. The van der Waals surface area contributed by atoms with E-state index < -0.39 is 12.0 Å². The van der Waals surface area contributed by atoms with Crippen LogP contribution in [0.1, 0.15) is 20.8 Å². The second kappa shape index (κ2) is 8.94. The van der Waals surface area contributed by atoms with Gasteiger partial charge in [0.05, 0.1) is 0 Å². The lowest BCUT2D eigenvalue weighted by Crippen LogP contribution is -2.38. The predicted octanol–water partition coefficient (Wildman–Crippen LogP) is 2.29. The fourth-order valence-corrected chi connectivity index (χ4v) is 1.45. The summed E-state index contributed by atoms with van der Waals surface area (Å²) in [6, 6.07) is -0.461. The van der Waals surface area contributed by atoms with Gasteiger partial charge in [-0.1, -0.05) is 20.4 Å². The van der Waals surface area contributed by atoms with Crippen LogP contribution in [-0.2, 0) is 4.79 Å². The van der Waals surface area contributed by atoms with Crippen molar-refractivity contribution >= 4 is 17.7 Å². The number of allylic oxidation sites excluding steroid dienone is 1. The van der Waals surface area contributed by atoms with Crippen LogP contribution in [0.2, 0.25) is 0 Å². The smallest absolute Gasteiger partial charge is 0.327 e. The molecule has 1 atom stereocenters. The molecule has 0 amide bonds. The van der Waals surface area contributed by atoms with Crippen LogP contribution in [0.5, 0.6) is 0 Å². The number of rotatable bonds is 5. The van der Waals surface area contributed by atoms with Crippen molar-refractivity contribution in [1.82, 2.24) is 4.90 Å². The number of carboxylic acids is 1. The highest BCUT2D eigenvalue weighted by molar-refractivity contribution is 7.98. The molecule has 0 aliphatic rings. The Hall–Kier alpha value is -0.640. The first kappa shape index (κ1) is 15.8. The molecule has 84 valence electrons. The third-order valence-corrected chi connectivity index (χ3v) is 2.33. The van der Waals surface area contributed by atoms with E-state index in [0.717, 1.165) is 5.70 Å². The second-order valence-corrected chi connectivity index (χ2v) is 3.57. The van der Waals surface area contributed by atoms with Crippen LogP contribution in [0.25, 0.3) is 0 Å². The van der Waals surface area contributed by atoms with Crippen LogP contribution in [0, 0.1) is 0 Å². The van der Waals surface area contributed by atoms with Gasteiger partial charge in [-0.15, -0.1) is 0 Å². The lowest BCUT2D eigenvalue weighted by atomic mass is 10.3. The van der Waals surface area contributed by atoms with E-state index in [-0.39, 0.29) is 0 Å². The topological polar surface area (TPSA) is 40.5 Å². The molecule has 1 N–H and O–H groups in total. The summed E-state index contributed by atoms with van der Waals surface area (Å²) < 4.78 is 0. The summed E-state index contributed by atoms with van der Waals surface area (Å²) in [6.07, 6.45) is 1.89. The molecule has 0 heterocycles. The lowest BCUT2D eigenvalue weighted by Gasteiger charge is -2.25. The summed E-state index contributed by atoms with van der Waals surface area (Å²) in [4.78, 5) is 12.4. The third kappa shape index (κ3) is 5.91. The first-order valence-electron chi connectivity index (χ1n) is 4.60. The van der Waals surface area contributed by atoms with E-state index in [9.17, 15) is 4.79 Å². The standard InChI is InChI=1S/C8H15NO2S.C2H6/c1-6(2)9(3)7(5-12-4)8(10)11;1-2/h7H,1,5H2,2-4H3,(H,10,11);1-2H3. The van der Waals surface area contributed by atoms with Gasteiger partial charge in [0, 0.05) is 18.5 Å². The van der Waals surface area contributed by atoms with Crippen LogP contribution in [-0.4, -0.2) is 41.1 Å². The van der Waals surface area contributed by atoms with Crippen molar-refractivity contribution in [3.05, 3.63) is 12.3 Å². The van der Waals surface area contributed by atoms with Crippen molar-refractivity contribution in [2.45, 2.75) is 26.8 Å². The summed E-state index contributed by atoms with van der Waals surface area (Å²) in [5.41, 5.74) is 0.774. The van der Waals surface area contributed by atoms with Crippen LogP contribution in [0.4, 0.5) is 0 Å². The molecule has 0 aliphatic heterocycles. The Morgan fingerprint density at radius 2 is 2.00 bits per heavy atom. The number of hydrogen-bond acceptors (Lipinski definition) is 3. The van der Waals surface area contributed by atoms with E-state index in [1.807, 2.05) is 20.1 Å². The summed E-state index contributed by atoms with van der Waals surface area (Å²) >= 11 is 1.52. The Morgan fingerprint density at radius 1 is 1.57 bits per heavy atom. The van der Waals surface area contributed by atoms with Gasteiger partial charge in [-0.25, -0.2) is 4.79 Å². The summed E-state index contributed by atoms with van der Waals surface area (Å²) in [5, 5.41) is 8.83. The molecule has 0 aliphatic carbocycles. The minimum absolute atomic E-state index is 0.461. The molecule has 0 radical (unpaired) electrons. The summed E-state index contributed by atoms with van der Waals surface area (Å²) in [6.45, 7) is 9.50. The molecule has 3 nitrogen and oxygen atoms in total. The number of likely N-dealkylation sites (N-methyl/N-ethyl adjacent to an activating group) is 1. The first-order valence-corrected chi connectivity index (χ1v) is 6.00. The Morgan fingerprint density at radius 3 is 2.21 bits per heavy atom. The van der Waals surface area contributed by atoms with Crippen molar-refractivity contribution < 1.29 is 9.90 Å². The van der Waals surface area contributed by atoms with Crippen molar-refractivity contribution in [2.75, 3.05) is 19.1 Å². The van der Waals surface area contributed by atoms with Crippen LogP contribution in [0.15, 0.2) is 12.3 Å². The number of hydrogen-bond donors (Lipinski definition) is 1. The molecule has 0 saturated carbocycles. The van der Waals surface area contributed by atoms with Gasteiger partial charge in [0.15, 0.2) is 0 Å². The largest absolute Gasteiger partial charge is 0.480 e. The average Bonchev–Trinajstić information content (AvgIpc) is 2.15. The molecule has 1 unspecified atom stereocenters. The van der Waals surface area contributed by atoms with Gasteiger partial charge in [-0.2, -0.15) is 11.8 Å². The molecule has 0 spiro atoms. The zero-order valence-electron chi connectivity index (χ0n) is 9.70.